The Hall–Kier alpha value is -2.05. The third-order valence-corrected chi connectivity index (χ3v) is 1.86. The van der Waals surface area contributed by atoms with Crippen LogP contribution in [-0.4, -0.2) is 42.4 Å². The van der Waals surface area contributed by atoms with Crippen LogP contribution < -0.4 is 5.32 Å². The highest BCUT2D eigenvalue weighted by Gasteiger charge is 2.21. The molecule has 0 aliphatic heterocycles. The van der Waals surface area contributed by atoms with E-state index in [0.717, 1.165) is 0 Å². The first-order chi connectivity index (χ1) is 8.51. The minimum atomic E-state index is -1.24. The standard InChI is InChI=1S/C11H17NO6/c1-3-7-18-11(16)12-8(10(14)15)5-6-9(13)17-4-2/h3,8H,1,4-7H2,2H3,(H,12,16)(H,14,15)/t8-/m0/s1. The third kappa shape index (κ3) is 7.26. The summed E-state index contributed by atoms with van der Waals surface area (Å²) in [7, 11) is 0. The van der Waals surface area contributed by atoms with Gasteiger partial charge in [-0.15, -0.1) is 0 Å². The molecule has 0 saturated carbocycles. The Bertz CT molecular complexity index is 315. The second-order valence-corrected chi connectivity index (χ2v) is 3.27. The second kappa shape index (κ2) is 9.03. The van der Waals surface area contributed by atoms with Gasteiger partial charge in [-0.2, -0.15) is 0 Å². The Morgan fingerprint density at radius 3 is 2.56 bits per heavy atom. The number of amides is 1. The lowest BCUT2D eigenvalue weighted by Crippen LogP contribution is -2.41. The van der Waals surface area contributed by atoms with E-state index in [1.54, 1.807) is 6.92 Å². The molecule has 1 amide bonds. The molecule has 102 valence electrons. The minimum absolute atomic E-state index is 0.0178. The van der Waals surface area contributed by atoms with Crippen molar-refractivity contribution in [3.63, 3.8) is 0 Å². The van der Waals surface area contributed by atoms with Gasteiger partial charge in [-0.05, 0) is 13.3 Å². The Morgan fingerprint density at radius 2 is 2.06 bits per heavy atom. The second-order valence-electron chi connectivity index (χ2n) is 3.27. The molecule has 7 nitrogen and oxygen atoms in total. The zero-order valence-electron chi connectivity index (χ0n) is 10.2. The zero-order chi connectivity index (χ0) is 14.0. The maximum absolute atomic E-state index is 11.1. The molecule has 0 aromatic heterocycles. The third-order valence-electron chi connectivity index (χ3n) is 1.86. The van der Waals surface area contributed by atoms with Crippen molar-refractivity contribution in [1.29, 1.82) is 0 Å². The van der Waals surface area contributed by atoms with Crippen molar-refractivity contribution in [2.45, 2.75) is 25.8 Å². The van der Waals surface area contributed by atoms with Crippen LogP contribution in [0.2, 0.25) is 0 Å². The van der Waals surface area contributed by atoms with Gasteiger partial charge in [0.1, 0.15) is 12.6 Å². The molecule has 0 heterocycles. The number of esters is 1. The number of alkyl carbamates (subject to hydrolysis) is 1. The molecule has 0 spiro atoms. The van der Waals surface area contributed by atoms with E-state index >= 15 is 0 Å². The number of carboxylic acid groups (broad SMARTS) is 1. The van der Waals surface area contributed by atoms with Crippen LogP contribution in [0.15, 0.2) is 12.7 Å². The first kappa shape index (κ1) is 16.0. The van der Waals surface area contributed by atoms with Crippen molar-refractivity contribution in [2.24, 2.45) is 0 Å². The summed E-state index contributed by atoms with van der Waals surface area (Å²) in [4.78, 5) is 33.0. The van der Waals surface area contributed by atoms with Crippen LogP contribution in [0.3, 0.4) is 0 Å². The van der Waals surface area contributed by atoms with Gasteiger partial charge >= 0.3 is 18.0 Å². The molecule has 2 N–H and O–H groups in total. The number of aliphatic carboxylic acids is 1. The fourth-order valence-corrected chi connectivity index (χ4v) is 1.07. The average molecular weight is 259 g/mol. The smallest absolute Gasteiger partial charge is 0.408 e. The number of carbonyl (C=O) groups excluding carboxylic acids is 2. The number of carboxylic acids is 1. The Labute approximate surface area is 105 Å². The number of hydrogen-bond acceptors (Lipinski definition) is 5. The van der Waals surface area contributed by atoms with Gasteiger partial charge in [0.25, 0.3) is 0 Å². The maximum Gasteiger partial charge on any atom is 0.408 e. The van der Waals surface area contributed by atoms with E-state index < -0.39 is 24.1 Å². The van der Waals surface area contributed by atoms with E-state index in [1.807, 2.05) is 0 Å². The molecule has 0 aromatic rings. The van der Waals surface area contributed by atoms with Crippen LogP contribution in [0.5, 0.6) is 0 Å². The van der Waals surface area contributed by atoms with Crippen molar-refractivity contribution in [3.8, 4) is 0 Å². The van der Waals surface area contributed by atoms with E-state index in [-0.39, 0.29) is 26.1 Å². The van der Waals surface area contributed by atoms with Crippen LogP contribution in [0.1, 0.15) is 19.8 Å². The molecule has 0 aliphatic rings. The molecule has 0 fully saturated rings. The highest BCUT2D eigenvalue weighted by atomic mass is 16.5. The molecule has 18 heavy (non-hydrogen) atoms. The zero-order valence-corrected chi connectivity index (χ0v) is 10.2. The Morgan fingerprint density at radius 1 is 1.39 bits per heavy atom. The fraction of sp³-hybridized carbons (Fsp3) is 0.545. The van der Waals surface area contributed by atoms with Crippen molar-refractivity contribution in [3.05, 3.63) is 12.7 Å². The summed E-state index contributed by atoms with van der Waals surface area (Å²) in [5.74, 6) is -1.75. The van der Waals surface area contributed by atoms with Gasteiger partial charge in [-0.1, -0.05) is 12.7 Å². The summed E-state index contributed by atoms with van der Waals surface area (Å²) in [5.41, 5.74) is 0. The van der Waals surface area contributed by atoms with Crippen molar-refractivity contribution in [2.75, 3.05) is 13.2 Å². The summed E-state index contributed by atoms with van der Waals surface area (Å²) >= 11 is 0. The Kier molecular flexibility index (Phi) is 8.00. The van der Waals surface area contributed by atoms with Gasteiger partial charge in [0, 0.05) is 6.42 Å². The molecule has 0 radical (unpaired) electrons. The molecule has 0 saturated heterocycles. The summed E-state index contributed by atoms with van der Waals surface area (Å²) in [6.45, 7) is 5.20. The summed E-state index contributed by atoms with van der Waals surface area (Å²) in [6.07, 6.45) is 0.337. The van der Waals surface area contributed by atoms with Gasteiger partial charge in [-0.3, -0.25) is 4.79 Å². The van der Waals surface area contributed by atoms with E-state index in [1.165, 1.54) is 6.08 Å². The molecule has 0 aliphatic carbocycles. The van der Waals surface area contributed by atoms with Gasteiger partial charge in [0.2, 0.25) is 0 Å². The van der Waals surface area contributed by atoms with E-state index in [0.29, 0.717) is 0 Å². The summed E-state index contributed by atoms with van der Waals surface area (Å²) < 4.78 is 9.23. The van der Waals surface area contributed by atoms with Gasteiger partial charge in [0.05, 0.1) is 6.61 Å². The van der Waals surface area contributed by atoms with E-state index in [2.05, 4.69) is 21.4 Å². The first-order valence-electron chi connectivity index (χ1n) is 5.43. The van der Waals surface area contributed by atoms with Crippen molar-refractivity contribution >= 4 is 18.0 Å². The Balaban J connectivity index is 4.14. The molecule has 1 atom stereocenters. The van der Waals surface area contributed by atoms with Gasteiger partial charge in [0.15, 0.2) is 0 Å². The molecular weight excluding hydrogens is 242 g/mol. The van der Waals surface area contributed by atoms with Crippen LogP contribution in [-0.2, 0) is 19.1 Å². The lowest BCUT2D eigenvalue weighted by atomic mass is 10.1. The number of rotatable bonds is 8. The predicted molar refractivity (Wildman–Crippen MR) is 62.0 cm³/mol. The van der Waals surface area contributed by atoms with E-state index in [9.17, 15) is 14.4 Å². The van der Waals surface area contributed by atoms with Crippen molar-refractivity contribution < 1.29 is 29.0 Å². The lowest BCUT2D eigenvalue weighted by Gasteiger charge is -2.13. The molecule has 0 unspecified atom stereocenters. The average Bonchev–Trinajstić information content (AvgIpc) is 2.31. The molecular formula is C11H17NO6. The highest BCUT2D eigenvalue weighted by molar-refractivity contribution is 5.80. The normalized spacial score (nSPS) is 11.2. The maximum atomic E-state index is 11.1. The lowest BCUT2D eigenvalue weighted by molar-refractivity contribution is -0.144. The van der Waals surface area contributed by atoms with Crippen LogP contribution in [0.25, 0.3) is 0 Å². The van der Waals surface area contributed by atoms with Crippen LogP contribution >= 0.6 is 0 Å². The summed E-state index contributed by atoms with van der Waals surface area (Å²) in [6, 6.07) is -1.19. The number of ether oxygens (including phenoxy) is 2. The summed E-state index contributed by atoms with van der Waals surface area (Å²) in [5, 5.41) is 11.0. The van der Waals surface area contributed by atoms with E-state index in [4.69, 9.17) is 5.11 Å². The number of carbonyl (C=O) groups is 3. The predicted octanol–water partition coefficient (Wildman–Crippen LogP) is 0.695. The van der Waals surface area contributed by atoms with Gasteiger partial charge in [-0.25, -0.2) is 9.59 Å². The van der Waals surface area contributed by atoms with Gasteiger partial charge < -0.3 is 19.9 Å². The minimum Gasteiger partial charge on any atom is -0.480 e. The molecule has 0 rings (SSSR count). The SMILES string of the molecule is C=CCOC(=O)N[C@@H](CCC(=O)OCC)C(=O)O. The fourth-order valence-electron chi connectivity index (χ4n) is 1.07. The van der Waals surface area contributed by atoms with Crippen molar-refractivity contribution in [1.82, 2.24) is 5.32 Å². The largest absolute Gasteiger partial charge is 0.480 e. The monoisotopic (exact) mass is 259 g/mol. The topological polar surface area (TPSA) is 102 Å². The van der Waals surface area contributed by atoms with Crippen LogP contribution in [0, 0.1) is 0 Å². The molecule has 0 aromatic carbocycles. The first-order valence-corrected chi connectivity index (χ1v) is 5.43. The molecule has 0 bridgehead atoms. The molecule has 7 heteroatoms. The highest BCUT2D eigenvalue weighted by Crippen LogP contribution is 2.00. The number of hydrogen-bond donors (Lipinski definition) is 2. The number of nitrogens with one attached hydrogen (secondary N) is 1. The van der Waals surface area contributed by atoms with Crippen LogP contribution in [0.4, 0.5) is 4.79 Å². The quantitative estimate of drug-likeness (QED) is 0.491.